The van der Waals surface area contributed by atoms with Crippen LogP contribution in [0, 0.1) is 0 Å². The van der Waals surface area contributed by atoms with E-state index in [2.05, 4.69) is 61.4 Å². The van der Waals surface area contributed by atoms with Gasteiger partial charge in [-0.25, -0.2) is 0 Å². The van der Waals surface area contributed by atoms with Gasteiger partial charge in [-0.15, -0.1) is 0 Å². The van der Waals surface area contributed by atoms with Crippen molar-refractivity contribution in [1.82, 2.24) is 15.1 Å². The number of nitrogens with zero attached hydrogens (tertiary/aromatic N) is 2. The van der Waals surface area contributed by atoms with Gasteiger partial charge in [-0.1, -0.05) is 36.4 Å². The molecule has 0 aliphatic carbocycles. The van der Waals surface area contributed by atoms with E-state index in [0.717, 1.165) is 74.4 Å². The van der Waals surface area contributed by atoms with Crippen molar-refractivity contribution in [2.75, 3.05) is 46.4 Å². The van der Waals surface area contributed by atoms with Crippen LogP contribution >= 0.6 is 15.9 Å². The molecule has 2 aromatic rings. The van der Waals surface area contributed by atoms with Gasteiger partial charge in [0.15, 0.2) is 0 Å². The van der Waals surface area contributed by atoms with Gasteiger partial charge in [0.05, 0.1) is 11.6 Å². The lowest BCUT2D eigenvalue weighted by Crippen LogP contribution is -2.46. The molecule has 0 radical (unpaired) electrons. The van der Waals surface area contributed by atoms with Gasteiger partial charge < -0.3 is 15.0 Å². The summed E-state index contributed by atoms with van der Waals surface area (Å²) in [4.78, 5) is 17.1. The number of aryl methyl sites for hydroxylation is 1. The average Bonchev–Trinajstić information content (AvgIpc) is 2.77. The third-order valence-electron chi connectivity index (χ3n) is 5.54. The van der Waals surface area contributed by atoms with Gasteiger partial charge in [-0.05, 0) is 58.6 Å². The number of piperazine rings is 1. The first kappa shape index (κ1) is 22.8. The first-order valence-corrected chi connectivity index (χ1v) is 11.5. The number of nitrogens with one attached hydrogen (secondary N) is 1. The van der Waals surface area contributed by atoms with Crippen LogP contribution in [0.3, 0.4) is 0 Å². The molecule has 1 N–H and O–H groups in total. The molecule has 0 atom stereocenters. The Labute approximate surface area is 188 Å². The zero-order chi connectivity index (χ0) is 21.2. The minimum Gasteiger partial charge on any atom is -0.496 e. The van der Waals surface area contributed by atoms with E-state index in [9.17, 15) is 4.79 Å². The molecule has 2 aromatic carbocycles. The molecule has 5 nitrogen and oxygen atoms in total. The number of halogens is 1. The number of benzene rings is 2. The Balaban J connectivity index is 1.25. The highest BCUT2D eigenvalue weighted by molar-refractivity contribution is 9.10. The van der Waals surface area contributed by atoms with Gasteiger partial charge in [0, 0.05) is 45.7 Å². The van der Waals surface area contributed by atoms with Crippen molar-refractivity contribution in [3.05, 3.63) is 64.1 Å². The van der Waals surface area contributed by atoms with Crippen LogP contribution in [0.2, 0.25) is 0 Å². The summed E-state index contributed by atoms with van der Waals surface area (Å²) in [7, 11) is 1.65. The predicted octanol–water partition coefficient (Wildman–Crippen LogP) is 3.71. The fourth-order valence-corrected chi connectivity index (χ4v) is 4.34. The van der Waals surface area contributed by atoms with Gasteiger partial charge in [0.2, 0.25) is 5.91 Å². The predicted molar refractivity (Wildman–Crippen MR) is 125 cm³/mol. The van der Waals surface area contributed by atoms with Crippen molar-refractivity contribution >= 4 is 21.8 Å². The average molecular weight is 474 g/mol. The fraction of sp³-hybridized carbons (Fsp3) is 0.458. The molecule has 0 aromatic heterocycles. The Morgan fingerprint density at radius 2 is 1.77 bits per heavy atom. The maximum absolute atomic E-state index is 12.1. The van der Waals surface area contributed by atoms with E-state index in [1.165, 1.54) is 5.56 Å². The lowest BCUT2D eigenvalue weighted by atomic mass is 10.1. The summed E-state index contributed by atoms with van der Waals surface area (Å²) < 4.78 is 6.16. The van der Waals surface area contributed by atoms with Crippen molar-refractivity contribution in [2.24, 2.45) is 0 Å². The number of ether oxygens (including phenoxy) is 1. The van der Waals surface area contributed by atoms with Gasteiger partial charge in [0.25, 0.3) is 0 Å². The largest absolute Gasteiger partial charge is 0.496 e. The SMILES string of the molecule is COc1ccc(CCC(=O)NCCCN2CCN(Cc3ccccc3)CC2)cc1Br. The Morgan fingerprint density at radius 1 is 1.03 bits per heavy atom. The Hall–Kier alpha value is -1.89. The molecule has 1 heterocycles. The third kappa shape index (κ3) is 7.42. The molecular weight excluding hydrogens is 442 g/mol. The summed E-state index contributed by atoms with van der Waals surface area (Å²) >= 11 is 3.49. The Kier molecular flexibility index (Phi) is 9.18. The number of rotatable bonds is 10. The second-order valence-corrected chi connectivity index (χ2v) is 8.63. The number of methoxy groups -OCH3 is 1. The molecule has 1 saturated heterocycles. The second kappa shape index (κ2) is 12.1. The quantitative estimate of drug-likeness (QED) is 0.534. The highest BCUT2D eigenvalue weighted by Gasteiger charge is 2.16. The molecule has 30 heavy (non-hydrogen) atoms. The van der Waals surface area contributed by atoms with Crippen molar-refractivity contribution in [1.29, 1.82) is 0 Å². The van der Waals surface area contributed by atoms with Crippen molar-refractivity contribution in [2.45, 2.75) is 25.8 Å². The second-order valence-electron chi connectivity index (χ2n) is 7.78. The van der Waals surface area contributed by atoms with Crippen molar-refractivity contribution in [3.8, 4) is 5.75 Å². The molecule has 6 heteroatoms. The molecule has 1 amide bonds. The molecular formula is C24H32BrN3O2. The molecule has 0 unspecified atom stereocenters. The lowest BCUT2D eigenvalue weighted by Gasteiger charge is -2.34. The molecule has 1 fully saturated rings. The lowest BCUT2D eigenvalue weighted by molar-refractivity contribution is -0.121. The molecule has 162 valence electrons. The normalized spacial score (nSPS) is 15.1. The maximum Gasteiger partial charge on any atom is 0.220 e. The van der Waals surface area contributed by atoms with E-state index in [1.807, 2.05) is 18.2 Å². The van der Waals surface area contributed by atoms with Gasteiger partial charge in [-0.3, -0.25) is 9.69 Å². The zero-order valence-corrected chi connectivity index (χ0v) is 19.4. The van der Waals surface area contributed by atoms with Crippen LogP contribution in [0.5, 0.6) is 5.75 Å². The van der Waals surface area contributed by atoms with Crippen LogP contribution in [-0.4, -0.2) is 62.1 Å². The number of carbonyl (C=O) groups excluding carboxylic acids is 1. The molecule has 1 aliphatic rings. The summed E-state index contributed by atoms with van der Waals surface area (Å²) in [6.07, 6.45) is 2.24. The monoisotopic (exact) mass is 473 g/mol. The van der Waals surface area contributed by atoms with E-state index in [-0.39, 0.29) is 5.91 Å². The molecule has 3 rings (SSSR count). The van der Waals surface area contributed by atoms with Gasteiger partial charge >= 0.3 is 0 Å². The van der Waals surface area contributed by atoms with E-state index in [0.29, 0.717) is 6.42 Å². The van der Waals surface area contributed by atoms with Crippen molar-refractivity contribution < 1.29 is 9.53 Å². The van der Waals surface area contributed by atoms with Gasteiger partial charge in [0.1, 0.15) is 5.75 Å². The standard InChI is InChI=1S/C24H32BrN3O2/c1-30-23-10-8-20(18-22(23)25)9-11-24(29)26-12-5-13-27-14-16-28(17-15-27)19-21-6-3-2-4-7-21/h2-4,6-8,10,18H,5,9,11-17,19H2,1H3,(H,26,29). The molecule has 0 saturated carbocycles. The van der Waals surface area contributed by atoms with Crippen LogP contribution in [0.4, 0.5) is 0 Å². The van der Waals surface area contributed by atoms with E-state index in [1.54, 1.807) is 7.11 Å². The topological polar surface area (TPSA) is 44.8 Å². The van der Waals surface area contributed by atoms with Crippen molar-refractivity contribution in [3.63, 3.8) is 0 Å². The molecule has 1 aliphatic heterocycles. The summed E-state index contributed by atoms with van der Waals surface area (Å²) in [6.45, 7) is 7.26. The Bertz CT molecular complexity index is 792. The first-order chi connectivity index (χ1) is 14.6. The third-order valence-corrected chi connectivity index (χ3v) is 6.16. The van der Waals surface area contributed by atoms with Crippen LogP contribution in [0.25, 0.3) is 0 Å². The summed E-state index contributed by atoms with van der Waals surface area (Å²) in [5, 5.41) is 3.06. The fourth-order valence-electron chi connectivity index (χ4n) is 3.75. The molecule has 0 bridgehead atoms. The van der Waals surface area contributed by atoms with Gasteiger partial charge in [-0.2, -0.15) is 0 Å². The summed E-state index contributed by atoms with van der Waals surface area (Å²) in [6, 6.07) is 16.6. The highest BCUT2D eigenvalue weighted by atomic mass is 79.9. The summed E-state index contributed by atoms with van der Waals surface area (Å²) in [5.74, 6) is 0.929. The highest BCUT2D eigenvalue weighted by Crippen LogP contribution is 2.25. The van der Waals surface area contributed by atoms with E-state index < -0.39 is 0 Å². The number of carbonyl (C=O) groups is 1. The van der Waals surface area contributed by atoms with Crippen LogP contribution in [0.1, 0.15) is 24.0 Å². The number of hydrogen-bond donors (Lipinski definition) is 1. The van der Waals surface area contributed by atoms with Crippen LogP contribution in [0.15, 0.2) is 53.0 Å². The van der Waals surface area contributed by atoms with E-state index in [4.69, 9.17) is 4.74 Å². The number of hydrogen-bond acceptors (Lipinski definition) is 4. The smallest absolute Gasteiger partial charge is 0.220 e. The number of amides is 1. The van der Waals surface area contributed by atoms with Crippen LogP contribution < -0.4 is 10.1 Å². The minimum atomic E-state index is 0.120. The van der Waals surface area contributed by atoms with E-state index >= 15 is 0 Å². The Morgan fingerprint density at radius 3 is 2.47 bits per heavy atom. The summed E-state index contributed by atoms with van der Waals surface area (Å²) in [5.41, 5.74) is 2.52. The van der Waals surface area contributed by atoms with Crippen LogP contribution in [-0.2, 0) is 17.8 Å². The minimum absolute atomic E-state index is 0.120. The zero-order valence-electron chi connectivity index (χ0n) is 17.8. The maximum atomic E-state index is 12.1. The molecule has 0 spiro atoms. The first-order valence-electron chi connectivity index (χ1n) is 10.7.